The van der Waals surface area contributed by atoms with Crippen molar-refractivity contribution in [2.75, 3.05) is 13.1 Å². The molecule has 1 rings (SSSR count). The van der Waals surface area contributed by atoms with Gasteiger partial charge in [0.15, 0.2) is 0 Å². The molecular formula is C10H13NS. The van der Waals surface area contributed by atoms with Gasteiger partial charge in [-0.15, -0.1) is 0 Å². The summed E-state index contributed by atoms with van der Waals surface area (Å²) in [6, 6.07) is 2.05. The molecule has 0 saturated heterocycles. The fourth-order valence-corrected chi connectivity index (χ4v) is 1.42. The van der Waals surface area contributed by atoms with Crippen molar-refractivity contribution in [3.8, 4) is 11.8 Å². The van der Waals surface area contributed by atoms with Gasteiger partial charge in [0.05, 0.1) is 0 Å². The molecule has 0 amide bonds. The molecule has 0 saturated carbocycles. The van der Waals surface area contributed by atoms with Crippen molar-refractivity contribution in [1.82, 2.24) is 5.32 Å². The molecule has 1 N–H and O–H groups in total. The number of rotatable bonds is 3. The minimum Gasteiger partial charge on any atom is -0.316 e. The van der Waals surface area contributed by atoms with Gasteiger partial charge in [-0.25, -0.2) is 0 Å². The van der Waals surface area contributed by atoms with E-state index in [1.54, 1.807) is 11.3 Å². The quantitative estimate of drug-likeness (QED) is 0.553. The van der Waals surface area contributed by atoms with Crippen LogP contribution in [0, 0.1) is 11.8 Å². The van der Waals surface area contributed by atoms with Gasteiger partial charge >= 0.3 is 0 Å². The van der Waals surface area contributed by atoms with Crippen LogP contribution in [0.25, 0.3) is 0 Å². The maximum absolute atomic E-state index is 3.23. The van der Waals surface area contributed by atoms with Gasteiger partial charge in [0.1, 0.15) is 0 Å². The van der Waals surface area contributed by atoms with Gasteiger partial charge in [0, 0.05) is 23.9 Å². The predicted molar refractivity (Wildman–Crippen MR) is 54.4 cm³/mol. The first-order valence-corrected chi connectivity index (χ1v) is 5.09. The second kappa shape index (κ2) is 5.82. The molecule has 0 aromatic carbocycles. The molecule has 0 aliphatic rings. The zero-order chi connectivity index (χ0) is 8.65. The van der Waals surface area contributed by atoms with Crippen molar-refractivity contribution in [3.05, 3.63) is 22.4 Å². The fraction of sp³-hybridized carbons (Fsp3) is 0.400. The maximum atomic E-state index is 3.23. The molecule has 0 aliphatic carbocycles. The first-order valence-electron chi connectivity index (χ1n) is 4.15. The molecule has 0 unspecified atom stereocenters. The van der Waals surface area contributed by atoms with Crippen LogP contribution in [0.3, 0.4) is 0 Å². The molecule has 2 heteroatoms. The third-order valence-electron chi connectivity index (χ3n) is 1.43. The van der Waals surface area contributed by atoms with Gasteiger partial charge in [-0.1, -0.05) is 18.8 Å². The Morgan fingerprint density at radius 2 is 2.50 bits per heavy atom. The first kappa shape index (κ1) is 9.31. The Morgan fingerprint density at radius 3 is 3.17 bits per heavy atom. The molecular weight excluding hydrogens is 166 g/mol. The molecule has 0 fully saturated rings. The summed E-state index contributed by atoms with van der Waals surface area (Å²) < 4.78 is 0. The van der Waals surface area contributed by atoms with Crippen LogP contribution in [0.15, 0.2) is 16.8 Å². The van der Waals surface area contributed by atoms with Crippen molar-refractivity contribution in [1.29, 1.82) is 0 Å². The maximum Gasteiger partial charge on any atom is 0.0352 e. The summed E-state index contributed by atoms with van der Waals surface area (Å²) in [5, 5.41) is 7.35. The number of thiophene rings is 1. The Bertz CT molecular complexity index is 253. The smallest absolute Gasteiger partial charge is 0.0352 e. The van der Waals surface area contributed by atoms with Gasteiger partial charge in [-0.2, -0.15) is 11.3 Å². The summed E-state index contributed by atoms with van der Waals surface area (Å²) in [6.45, 7) is 4.13. The monoisotopic (exact) mass is 179 g/mol. The standard InChI is InChI=1S/C10H13NS/c1-2-11-7-4-3-5-10-6-8-12-9-10/h6,8-9,11H,2,4,7H2,1H3. The summed E-state index contributed by atoms with van der Waals surface area (Å²) >= 11 is 1.69. The lowest BCUT2D eigenvalue weighted by Gasteiger charge is -1.92. The number of hydrogen-bond donors (Lipinski definition) is 1. The van der Waals surface area contributed by atoms with E-state index in [9.17, 15) is 0 Å². The number of hydrogen-bond acceptors (Lipinski definition) is 2. The van der Waals surface area contributed by atoms with Crippen LogP contribution >= 0.6 is 11.3 Å². The lowest BCUT2D eigenvalue weighted by atomic mass is 10.3. The topological polar surface area (TPSA) is 12.0 Å². The van der Waals surface area contributed by atoms with Gasteiger partial charge in [-0.05, 0) is 18.0 Å². The highest BCUT2D eigenvalue weighted by Gasteiger charge is 1.83. The molecule has 0 bridgehead atoms. The van der Waals surface area contributed by atoms with E-state index in [1.165, 1.54) is 0 Å². The summed E-state index contributed by atoms with van der Waals surface area (Å²) in [6.07, 6.45) is 0.934. The number of nitrogens with one attached hydrogen (secondary N) is 1. The van der Waals surface area contributed by atoms with E-state index < -0.39 is 0 Å². The van der Waals surface area contributed by atoms with Crippen molar-refractivity contribution < 1.29 is 0 Å². The van der Waals surface area contributed by atoms with Gasteiger partial charge in [0.25, 0.3) is 0 Å². The molecule has 1 heterocycles. The van der Waals surface area contributed by atoms with Gasteiger partial charge < -0.3 is 5.32 Å². The van der Waals surface area contributed by atoms with E-state index in [4.69, 9.17) is 0 Å². The van der Waals surface area contributed by atoms with Crippen molar-refractivity contribution in [2.24, 2.45) is 0 Å². The Labute approximate surface area is 77.8 Å². The summed E-state index contributed by atoms with van der Waals surface area (Å²) in [5.41, 5.74) is 1.14. The third-order valence-corrected chi connectivity index (χ3v) is 2.11. The largest absolute Gasteiger partial charge is 0.316 e. The van der Waals surface area contributed by atoms with E-state index in [-0.39, 0.29) is 0 Å². The van der Waals surface area contributed by atoms with E-state index in [0.29, 0.717) is 0 Å². The summed E-state index contributed by atoms with van der Waals surface area (Å²) in [4.78, 5) is 0. The van der Waals surface area contributed by atoms with Crippen LogP contribution in [0.5, 0.6) is 0 Å². The van der Waals surface area contributed by atoms with E-state index in [2.05, 4.69) is 29.5 Å². The van der Waals surface area contributed by atoms with Gasteiger partial charge in [-0.3, -0.25) is 0 Å². The van der Waals surface area contributed by atoms with Crippen LogP contribution in [-0.2, 0) is 0 Å². The van der Waals surface area contributed by atoms with Crippen molar-refractivity contribution in [3.63, 3.8) is 0 Å². The van der Waals surface area contributed by atoms with Crippen LogP contribution in [-0.4, -0.2) is 13.1 Å². The molecule has 0 atom stereocenters. The fourth-order valence-electron chi connectivity index (χ4n) is 0.828. The molecule has 0 aliphatic heterocycles. The van der Waals surface area contributed by atoms with E-state index in [0.717, 1.165) is 25.1 Å². The lowest BCUT2D eigenvalue weighted by Crippen LogP contribution is -2.12. The summed E-state index contributed by atoms with van der Waals surface area (Å²) in [5.74, 6) is 6.22. The molecule has 1 aromatic heterocycles. The second-order valence-corrected chi connectivity index (χ2v) is 3.20. The van der Waals surface area contributed by atoms with Crippen molar-refractivity contribution in [2.45, 2.75) is 13.3 Å². The highest BCUT2D eigenvalue weighted by atomic mass is 32.1. The Hall–Kier alpha value is -0.780. The minimum absolute atomic E-state index is 0.934. The van der Waals surface area contributed by atoms with E-state index >= 15 is 0 Å². The predicted octanol–water partition coefficient (Wildman–Crippen LogP) is 2.10. The molecule has 64 valence electrons. The first-order chi connectivity index (χ1) is 5.93. The summed E-state index contributed by atoms with van der Waals surface area (Å²) in [7, 11) is 0. The normalized spacial score (nSPS) is 9.08. The third kappa shape index (κ3) is 3.56. The Kier molecular flexibility index (Phi) is 4.51. The minimum atomic E-state index is 0.934. The lowest BCUT2D eigenvalue weighted by molar-refractivity contribution is 0.733. The van der Waals surface area contributed by atoms with Crippen LogP contribution in [0.4, 0.5) is 0 Å². The molecule has 0 radical (unpaired) electrons. The average Bonchev–Trinajstić information content (AvgIpc) is 2.57. The second-order valence-electron chi connectivity index (χ2n) is 2.42. The Morgan fingerprint density at radius 1 is 1.58 bits per heavy atom. The zero-order valence-corrected chi connectivity index (χ0v) is 8.08. The Balaban J connectivity index is 2.21. The van der Waals surface area contributed by atoms with Gasteiger partial charge in [0.2, 0.25) is 0 Å². The van der Waals surface area contributed by atoms with Crippen LogP contribution in [0.1, 0.15) is 18.9 Å². The van der Waals surface area contributed by atoms with Crippen molar-refractivity contribution >= 4 is 11.3 Å². The highest BCUT2D eigenvalue weighted by Crippen LogP contribution is 2.02. The van der Waals surface area contributed by atoms with Crippen LogP contribution < -0.4 is 5.32 Å². The average molecular weight is 179 g/mol. The van der Waals surface area contributed by atoms with E-state index in [1.807, 2.05) is 11.4 Å². The zero-order valence-electron chi connectivity index (χ0n) is 7.26. The molecule has 1 nitrogen and oxygen atoms in total. The molecule has 1 aromatic rings. The van der Waals surface area contributed by atoms with Crippen LogP contribution in [0.2, 0.25) is 0 Å². The molecule has 0 spiro atoms. The SMILES string of the molecule is CCNCCC#Cc1ccsc1. The highest BCUT2D eigenvalue weighted by molar-refractivity contribution is 7.08. The molecule has 12 heavy (non-hydrogen) atoms.